The molecule has 24 heavy (non-hydrogen) atoms. The average molecular weight is 335 g/mol. The Morgan fingerprint density at radius 3 is 2.75 bits per heavy atom. The molecule has 1 N–H and O–H groups in total. The first kappa shape index (κ1) is 18.3. The number of carbonyl (C=O) groups is 2. The third-order valence-electron chi connectivity index (χ3n) is 4.47. The van der Waals surface area contributed by atoms with E-state index in [0.717, 1.165) is 11.3 Å². The zero-order valence-electron chi connectivity index (χ0n) is 14.3. The molecule has 132 valence electrons. The number of carboxylic acid groups (broad SMARTS) is 1. The molecule has 1 fully saturated rings. The summed E-state index contributed by atoms with van der Waals surface area (Å²) in [6.07, 6.45) is 1.39. The molecule has 1 aromatic carbocycles. The SMILES string of the molecule is COCC1(C(=O)O)CCN(C(=O)CCCOc2ccccc2C)C1. The third-order valence-corrected chi connectivity index (χ3v) is 4.47. The minimum atomic E-state index is -0.970. The van der Waals surface area contributed by atoms with E-state index < -0.39 is 11.4 Å². The maximum Gasteiger partial charge on any atom is 0.313 e. The van der Waals surface area contributed by atoms with Gasteiger partial charge in [0.15, 0.2) is 0 Å². The lowest BCUT2D eigenvalue weighted by Crippen LogP contribution is -2.40. The van der Waals surface area contributed by atoms with E-state index in [-0.39, 0.29) is 19.1 Å². The van der Waals surface area contributed by atoms with Crippen molar-refractivity contribution < 1.29 is 24.2 Å². The first-order valence-electron chi connectivity index (χ1n) is 8.17. The molecular weight excluding hydrogens is 310 g/mol. The quantitative estimate of drug-likeness (QED) is 0.736. The number of carbonyl (C=O) groups excluding carboxylic acids is 1. The number of aryl methyl sites for hydroxylation is 1. The van der Waals surface area contributed by atoms with Crippen molar-refractivity contribution in [2.24, 2.45) is 5.41 Å². The number of carboxylic acids is 1. The topological polar surface area (TPSA) is 76.1 Å². The Balaban J connectivity index is 1.77. The van der Waals surface area contributed by atoms with Crippen LogP contribution in [0.3, 0.4) is 0 Å². The summed E-state index contributed by atoms with van der Waals surface area (Å²) in [6, 6.07) is 7.75. The number of hydrogen-bond acceptors (Lipinski definition) is 4. The summed E-state index contributed by atoms with van der Waals surface area (Å²) in [4.78, 5) is 25.4. The lowest BCUT2D eigenvalue weighted by Gasteiger charge is -2.23. The molecule has 0 aliphatic carbocycles. The predicted octanol–water partition coefficient (Wildman–Crippen LogP) is 2.10. The highest BCUT2D eigenvalue weighted by molar-refractivity contribution is 5.80. The van der Waals surface area contributed by atoms with E-state index in [9.17, 15) is 14.7 Å². The van der Waals surface area contributed by atoms with Gasteiger partial charge in [-0.15, -0.1) is 0 Å². The van der Waals surface area contributed by atoms with Crippen LogP contribution in [0.4, 0.5) is 0 Å². The van der Waals surface area contributed by atoms with Gasteiger partial charge in [-0.05, 0) is 31.4 Å². The molecule has 1 amide bonds. The highest BCUT2D eigenvalue weighted by atomic mass is 16.5. The van der Waals surface area contributed by atoms with E-state index in [1.54, 1.807) is 4.90 Å². The van der Waals surface area contributed by atoms with Crippen LogP contribution in [-0.4, -0.2) is 55.3 Å². The van der Waals surface area contributed by atoms with Crippen molar-refractivity contribution in [1.82, 2.24) is 4.90 Å². The number of amides is 1. The molecule has 0 spiro atoms. The van der Waals surface area contributed by atoms with E-state index >= 15 is 0 Å². The van der Waals surface area contributed by atoms with Gasteiger partial charge in [0.25, 0.3) is 0 Å². The van der Waals surface area contributed by atoms with Gasteiger partial charge in [-0.1, -0.05) is 18.2 Å². The number of para-hydroxylation sites is 1. The van der Waals surface area contributed by atoms with Gasteiger partial charge in [-0.3, -0.25) is 9.59 Å². The van der Waals surface area contributed by atoms with Crippen LogP contribution in [0.2, 0.25) is 0 Å². The molecule has 1 atom stereocenters. The van der Waals surface area contributed by atoms with Crippen LogP contribution < -0.4 is 4.74 Å². The van der Waals surface area contributed by atoms with Crippen LogP contribution in [0.5, 0.6) is 5.75 Å². The molecule has 1 saturated heterocycles. The lowest BCUT2D eigenvalue weighted by molar-refractivity contribution is -0.151. The van der Waals surface area contributed by atoms with E-state index in [1.165, 1.54) is 7.11 Å². The molecule has 2 rings (SSSR count). The van der Waals surface area contributed by atoms with Crippen LogP contribution >= 0.6 is 0 Å². The van der Waals surface area contributed by atoms with Crippen molar-refractivity contribution in [1.29, 1.82) is 0 Å². The molecule has 1 aliphatic heterocycles. The van der Waals surface area contributed by atoms with Crippen molar-refractivity contribution in [3.63, 3.8) is 0 Å². The van der Waals surface area contributed by atoms with Crippen molar-refractivity contribution >= 4 is 11.9 Å². The molecule has 0 bridgehead atoms. The second-order valence-electron chi connectivity index (χ2n) is 6.30. The summed E-state index contributed by atoms with van der Waals surface area (Å²) < 4.78 is 10.7. The standard InChI is InChI=1S/C18H25NO5/c1-14-6-3-4-7-15(14)24-11-5-8-16(20)19-10-9-18(12-19,13-23-2)17(21)22/h3-4,6-7H,5,8-13H2,1-2H3,(H,21,22). The summed E-state index contributed by atoms with van der Waals surface area (Å²) >= 11 is 0. The summed E-state index contributed by atoms with van der Waals surface area (Å²) in [5, 5.41) is 9.42. The van der Waals surface area contributed by atoms with E-state index in [4.69, 9.17) is 9.47 Å². The van der Waals surface area contributed by atoms with Gasteiger partial charge in [0, 0.05) is 26.6 Å². The number of rotatable bonds is 8. The van der Waals surface area contributed by atoms with E-state index in [0.29, 0.717) is 32.4 Å². The number of hydrogen-bond donors (Lipinski definition) is 1. The monoisotopic (exact) mass is 335 g/mol. The van der Waals surface area contributed by atoms with E-state index in [2.05, 4.69) is 0 Å². The van der Waals surface area contributed by atoms with Crippen molar-refractivity contribution in [2.75, 3.05) is 33.4 Å². The Labute approximate surface area is 142 Å². The van der Waals surface area contributed by atoms with Gasteiger partial charge < -0.3 is 19.5 Å². The van der Waals surface area contributed by atoms with Crippen LogP contribution in [-0.2, 0) is 14.3 Å². The van der Waals surface area contributed by atoms with Crippen molar-refractivity contribution in [2.45, 2.75) is 26.2 Å². The molecule has 0 radical (unpaired) electrons. The van der Waals surface area contributed by atoms with Gasteiger partial charge in [-0.2, -0.15) is 0 Å². The van der Waals surface area contributed by atoms with Gasteiger partial charge in [0.05, 0.1) is 13.2 Å². The second-order valence-corrected chi connectivity index (χ2v) is 6.30. The summed E-state index contributed by atoms with van der Waals surface area (Å²) in [7, 11) is 1.48. The minimum absolute atomic E-state index is 0.0254. The highest BCUT2D eigenvalue weighted by Crippen LogP contribution is 2.31. The Morgan fingerprint density at radius 2 is 2.08 bits per heavy atom. The molecule has 6 heteroatoms. The molecule has 6 nitrogen and oxygen atoms in total. The fourth-order valence-corrected chi connectivity index (χ4v) is 3.00. The molecule has 1 heterocycles. The fourth-order valence-electron chi connectivity index (χ4n) is 3.00. The molecular formula is C18H25NO5. The maximum atomic E-state index is 12.3. The van der Waals surface area contributed by atoms with Crippen LogP contribution in [0.15, 0.2) is 24.3 Å². The summed E-state index contributed by atoms with van der Waals surface area (Å²) in [5.41, 5.74) is 0.0939. The molecule has 0 aromatic heterocycles. The molecule has 1 unspecified atom stereocenters. The zero-order valence-corrected chi connectivity index (χ0v) is 14.3. The van der Waals surface area contributed by atoms with Gasteiger partial charge in [-0.25, -0.2) is 0 Å². The number of methoxy groups -OCH3 is 1. The maximum absolute atomic E-state index is 12.3. The number of ether oxygens (including phenoxy) is 2. The number of likely N-dealkylation sites (tertiary alicyclic amines) is 1. The number of aliphatic carboxylic acids is 1. The smallest absolute Gasteiger partial charge is 0.313 e. The van der Waals surface area contributed by atoms with Gasteiger partial charge in [0.2, 0.25) is 5.91 Å². The first-order valence-corrected chi connectivity index (χ1v) is 8.17. The van der Waals surface area contributed by atoms with Crippen LogP contribution in [0.1, 0.15) is 24.8 Å². The fraction of sp³-hybridized carbons (Fsp3) is 0.556. The molecule has 1 aliphatic rings. The predicted molar refractivity (Wildman–Crippen MR) is 89.0 cm³/mol. The van der Waals surface area contributed by atoms with Crippen LogP contribution in [0.25, 0.3) is 0 Å². The first-order chi connectivity index (χ1) is 11.5. The Hall–Kier alpha value is -2.08. The zero-order chi connectivity index (χ0) is 17.6. The van der Waals surface area contributed by atoms with Gasteiger partial charge in [0.1, 0.15) is 11.2 Å². The Bertz CT molecular complexity index is 589. The normalized spacial score (nSPS) is 20.2. The Morgan fingerprint density at radius 1 is 1.33 bits per heavy atom. The lowest BCUT2D eigenvalue weighted by atomic mass is 9.88. The summed E-state index contributed by atoms with van der Waals surface area (Å²) in [5.74, 6) is -0.0961. The number of nitrogens with zero attached hydrogens (tertiary/aromatic N) is 1. The van der Waals surface area contributed by atoms with Crippen LogP contribution in [0, 0.1) is 12.3 Å². The molecule has 0 saturated carbocycles. The van der Waals surface area contributed by atoms with Crippen molar-refractivity contribution in [3.05, 3.63) is 29.8 Å². The van der Waals surface area contributed by atoms with E-state index in [1.807, 2.05) is 31.2 Å². The van der Waals surface area contributed by atoms with Crippen molar-refractivity contribution in [3.8, 4) is 5.75 Å². The third kappa shape index (κ3) is 4.26. The largest absolute Gasteiger partial charge is 0.493 e. The molecule has 1 aromatic rings. The second kappa shape index (κ2) is 8.15. The average Bonchev–Trinajstić information content (AvgIpc) is 2.99. The highest BCUT2D eigenvalue weighted by Gasteiger charge is 2.46. The Kier molecular flexibility index (Phi) is 6.20. The number of benzene rings is 1. The summed E-state index contributed by atoms with van der Waals surface area (Å²) in [6.45, 7) is 3.25. The minimum Gasteiger partial charge on any atom is -0.493 e. The van der Waals surface area contributed by atoms with Gasteiger partial charge >= 0.3 is 5.97 Å².